The quantitative estimate of drug-likeness (QED) is 0.878. The van der Waals surface area contributed by atoms with Gasteiger partial charge in [0.1, 0.15) is 5.75 Å². The molecule has 0 aliphatic heterocycles. The zero-order valence-electron chi connectivity index (χ0n) is 11.7. The molecule has 106 valence electrons. The van der Waals surface area contributed by atoms with E-state index in [1.165, 1.54) is 19.3 Å². The van der Waals surface area contributed by atoms with Crippen LogP contribution in [0.15, 0.2) is 12.1 Å². The predicted molar refractivity (Wildman–Crippen MR) is 75.0 cm³/mol. The first kappa shape index (κ1) is 14.0. The Balaban J connectivity index is 2.51. The van der Waals surface area contributed by atoms with Crippen molar-refractivity contribution in [3.05, 3.63) is 17.7 Å². The van der Waals surface area contributed by atoms with E-state index in [4.69, 9.17) is 15.2 Å². The molecule has 0 saturated heterocycles. The van der Waals surface area contributed by atoms with Gasteiger partial charge in [0.2, 0.25) is 0 Å². The van der Waals surface area contributed by atoms with Gasteiger partial charge in [0.25, 0.3) is 0 Å². The monoisotopic (exact) mass is 265 g/mol. The molecule has 2 rings (SSSR count). The molecule has 19 heavy (non-hydrogen) atoms. The Bertz CT molecular complexity index is 439. The van der Waals surface area contributed by atoms with Gasteiger partial charge in [0.15, 0.2) is 11.5 Å². The van der Waals surface area contributed by atoms with E-state index in [9.17, 15) is 5.11 Å². The van der Waals surface area contributed by atoms with Crippen LogP contribution in [0.1, 0.15) is 37.7 Å². The molecule has 1 aliphatic carbocycles. The van der Waals surface area contributed by atoms with Crippen LogP contribution in [0.5, 0.6) is 17.2 Å². The molecule has 4 nitrogen and oxygen atoms in total. The Hall–Kier alpha value is -1.42. The van der Waals surface area contributed by atoms with Crippen LogP contribution in [-0.2, 0) is 5.41 Å². The highest BCUT2D eigenvalue weighted by Gasteiger charge is 2.35. The Morgan fingerprint density at radius 1 is 1.11 bits per heavy atom. The van der Waals surface area contributed by atoms with Crippen LogP contribution >= 0.6 is 0 Å². The van der Waals surface area contributed by atoms with Crippen LogP contribution in [0.25, 0.3) is 0 Å². The van der Waals surface area contributed by atoms with Crippen LogP contribution in [-0.4, -0.2) is 25.9 Å². The van der Waals surface area contributed by atoms with Crippen LogP contribution < -0.4 is 15.2 Å². The molecule has 1 saturated carbocycles. The summed E-state index contributed by atoms with van der Waals surface area (Å²) >= 11 is 0. The molecule has 0 spiro atoms. The number of phenolic OH excluding ortho intramolecular Hbond substituents is 1. The second-order valence-electron chi connectivity index (χ2n) is 5.27. The van der Waals surface area contributed by atoms with Gasteiger partial charge in [0, 0.05) is 23.6 Å². The van der Waals surface area contributed by atoms with Crippen molar-refractivity contribution in [2.45, 2.75) is 37.5 Å². The molecule has 1 aromatic carbocycles. The lowest BCUT2D eigenvalue weighted by molar-refractivity contribution is 0.284. The normalized spacial score (nSPS) is 18.1. The van der Waals surface area contributed by atoms with Crippen LogP contribution in [0, 0.1) is 0 Å². The maximum absolute atomic E-state index is 9.87. The first-order chi connectivity index (χ1) is 9.16. The van der Waals surface area contributed by atoms with E-state index in [1.54, 1.807) is 20.3 Å². The van der Waals surface area contributed by atoms with Crippen molar-refractivity contribution in [1.82, 2.24) is 0 Å². The Morgan fingerprint density at radius 3 is 2.26 bits per heavy atom. The Morgan fingerprint density at radius 2 is 1.74 bits per heavy atom. The van der Waals surface area contributed by atoms with Crippen LogP contribution in [0.4, 0.5) is 0 Å². The number of methoxy groups -OCH3 is 2. The minimum absolute atomic E-state index is 0.0510. The molecule has 0 radical (unpaired) electrons. The Kier molecular flexibility index (Phi) is 4.20. The third-order valence-corrected chi connectivity index (χ3v) is 4.27. The second-order valence-corrected chi connectivity index (χ2v) is 5.27. The molecule has 4 heteroatoms. The zero-order valence-corrected chi connectivity index (χ0v) is 11.7. The minimum atomic E-state index is -0.0510. The fraction of sp³-hybridized carbons (Fsp3) is 0.600. The molecule has 0 atom stereocenters. The summed E-state index contributed by atoms with van der Waals surface area (Å²) in [7, 11) is 3.18. The number of benzene rings is 1. The molecule has 0 bridgehead atoms. The molecule has 0 aromatic heterocycles. The van der Waals surface area contributed by atoms with Crippen molar-refractivity contribution in [3.63, 3.8) is 0 Å². The van der Waals surface area contributed by atoms with Crippen molar-refractivity contribution in [3.8, 4) is 17.2 Å². The standard InChI is InChI=1S/C15H23NO3/c1-18-13-9-12(17)14(19-2)8-11(13)15(10-16)6-4-3-5-7-15/h8-9,17H,3-7,10,16H2,1-2H3. The number of hydrogen-bond acceptors (Lipinski definition) is 4. The lowest BCUT2D eigenvalue weighted by Crippen LogP contribution is -2.37. The summed E-state index contributed by atoms with van der Waals surface area (Å²) in [6.07, 6.45) is 5.76. The summed E-state index contributed by atoms with van der Waals surface area (Å²) in [6.45, 7) is 0.595. The van der Waals surface area contributed by atoms with E-state index in [2.05, 4.69) is 0 Å². The molecule has 0 amide bonds. The number of aromatic hydroxyl groups is 1. The lowest BCUT2D eigenvalue weighted by Gasteiger charge is -2.37. The molecular formula is C15H23NO3. The van der Waals surface area contributed by atoms with Gasteiger partial charge >= 0.3 is 0 Å². The molecule has 3 N–H and O–H groups in total. The SMILES string of the molecule is COc1cc(C2(CN)CCCCC2)c(OC)cc1O. The minimum Gasteiger partial charge on any atom is -0.504 e. The molecular weight excluding hydrogens is 242 g/mol. The number of hydrogen-bond donors (Lipinski definition) is 2. The second kappa shape index (κ2) is 5.70. The third-order valence-electron chi connectivity index (χ3n) is 4.27. The van der Waals surface area contributed by atoms with Crippen molar-refractivity contribution < 1.29 is 14.6 Å². The summed E-state index contributed by atoms with van der Waals surface area (Å²) in [5.74, 6) is 1.28. The van der Waals surface area contributed by atoms with Gasteiger partial charge in [-0.2, -0.15) is 0 Å². The largest absolute Gasteiger partial charge is 0.504 e. The maximum Gasteiger partial charge on any atom is 0.161 e. The fourth-order valence-corrected chi connectivity index (χ4v) is 3.11. The van der Waals surface area contributed by atoms with Gasteiger partial charge in [-0.1, -0.05) is 19.3 Å². The van der Waals surface area contributed by atoms with E-state index < -0.39 is 0 Å². The van der Waals surface area contributed by atoms with Crippen LogP contribution in [0.3, 0.4) is 0 Å². The summed E-state index contributed by atoms with van der Waals surface area (Å²) in [4.78, 5) is 0. The van der Waals surface area contributed by atoms with Crippen molar-refractivity contribution in [1.29, 1.82) is 0 Å². The van der Waals surface area contributed by atoms with E-state index in [0.29, 0.717) is 18.0 Å². The summed E-state index contributed by atoms with van der Waals surface area (Å²) in [5, 5.41) is 9.87. The molecule has 1 aromatic rings. The van der Waals surface area contributed by atoms with Gasteiger partial charge in [-0.15, -0.1) is 0 Å². The van der Waals surface area contributed by atoms with Crippen LogP contribution in [0.2, 0.25) is 0 Å². The Labute approximate surface area is 114 Å². The lowest BCUT2D eigenvalue weighted by atomic mass is 9.69. The first-order valence-electron chi connectivity index (χ1n) is 6.82. The van der Waals surface area contributed by atoms with Crippen molar-refractivity contribution >= 4 is 0 Å². The van der Waals surface area contributed by atoms with Crippen molar-refractivity contribution in [2.24, 2.45) is 5.73 Å². The number of phenols is 1. The summed E-state index contributed by atoms with van der Waals surface area (Å²) in [5.41, 5.74) is 7.08. The maximum atomic E-state index is 9.87. The number of ether oxygens (including phenoxy) is 2. The smallest absolute Gasteiger partial charge is 0.161 e. The van der Waals surface area contributed by atoms with E-state index >= 15 is 0 Å². The highest BCUT2D eigenvalue weighted by molar-refractivity contribution is 5.53. The average Bonchev–Trinajstić information content (AvgIpc) is 2.47. The van der Waals surface area contributed by atoms with E-state index in [0.717, 1.165) is 18.4 Å². The molecule has 1 fully saturated rings. The summed E-state index contributed by atoms with van der Waals surface area (Å²) in [6, 6.07) is 3.51. The summed E-state index contributed by atoms with van der Waals surface area (Å²) < 4.78 is 10.7. The number of rotatable bonds is 4. The highest BCUT2D eigenvalue weighted by Crippen LogP contribution is 2.46. The van der Waals surface area contributed by atoms with E-state index in [1.807, 2.05) is 6.07 Å². The first-order valence-corrected chi connectivity index (χ1v) is 6.82. The predicted octanol–water partition coefficient (Wildman–Crippen LogP) is 2.57. The third kappa shape index (κ3) is 2.50. The number of nitrogens with two attached hydrogens (primary N) is 1. The van der Waals surface area contributed by atoms with Gasteiger partial charge < -0.3 is 20.3 Å². The molecule has 1 aliphatic rings. The van der Waals surface area contributed by atoms with Gasteiger partial charge in [-0.25, -0.2) is 0 Å². The molecule has 0 unspecified atom stereocenters. The topological polar surface area (TPSA) is 64.7 Å². The highest BCUT2D eigenvalue weighted by atomic mass is 16.5. The van der Waals surface area contributed by atoms with Gasteiger partial charge in [-0.3, -0.25) is 0 Å². The van der Waals surface area contributed by atoms with E-state index in [-0.39, 0.29) is 11.2 Å². The zero-order chi connectivity index (χ0) is 13.9. The van der Waals surface area contributed by atoms with Gasteiger partial charge in [-0.05, 0) is 18.9 Å². The van der Waals surface area contributed by atoms with Crippen molar-refractivity contribution in [2.75, 3.05) is 20.8 Å². The fourth-order valence-electron chi connectivity index (χ4n) is 3.11. The average molecular weight is 265 g/mol. The van der Waals surface area contributed by atoms with Gasteiger partial charge in [0.05, 0.1) is 14.2 Å². The molecule has 0 heterocycles.